The Kier molecular flexibility index (Phi) is 11.2. The fourth-order valence-corrected chi connectivity index (χ4v) is 8.06. The van der Waals surface area contributed by atoms with E-state index in [1.54, 1.807) is 24.9 Å². The predicted molar refractivity (Wildman–Crippen MR) is 203 cm³/mol. The van der Waals surface area contributed by atoms with E-state index >= 15 is 0 Å². The molecule has 2 fully saturated rings. The number of likely N-dealkylation sites (tertiary alicyclic amines) is 2. The summed E-state index contributed by atoms with van der Waals surface area (Å²) in [5, 5.41) is 8.53. The molecule has 4 aromatic rings. The van der Waals surface area contributed by atoms with E-state index in [0.717, 1.165) is 45.4 Å². The third-order valence-electron chi connectivity index (χ3n) is 10.3. The van der Waals surface area contributed by atoms with Crippen molar-refractivity contribution in [1.29, 1.82) is 0 Å². The zero-order chi connectivity index (χ0) is 38.7. The van der Waals surface area contributed by atoms with Gasteiger partial charge in [0.2, 0.25) is 11.8 Å². The third-order valence-corrected chi connectivity index (χ3v) is 11.2. The van der Waals surface area contributed by atoms with E-state index < -0.39 is 29.8 Å². The summed E-state index contributed by atoms with van der Waals surface area (Å²) in [6, 6.07) is 12.2. The number of anilines is 1. The third kappa shape index (κ3) is 7.74. The first-order valence-electron chi connectivity index (χ1n) is 18.0. The summed E-state index contributed by atoms with van der Waals surface area (Å²) in [5.74, 6) is -0.270. The number of ether oxygens (including phenoxy) is 2. The van der Waals surface area contributed by atoms with Crippen molar-refractivity contribution in [3.8, 4) is 22.4 Å². The molecule has 2 aliphatic heterocycles. The summed E-state index contributed by atoms with van der Waals surface area (Å²) < 4.78 is 10.3. The fourth-order valence-electron chi connectivity index (χ4n) is 7.16. The summed E-state index contributed by atoms with van der Waals surface area (Å²) in [6.45, 7) is 8.05. The number of imidazole rings is 1. The number of aromatic amines is 1. The number of H-pyrrole nitrogens is 1. The molecule has 286 valence electrons. The highest BCUT2D eigenvalue weighted by Crippen LogP contribution is 2.36. The quantitative estimate of drug-likeness (QED) is 0.163. The van der Waals surface area contributed by atoms with Crippen molar-refractivity contribution >= 4 is 56.6 Å². The lowest BCUT2D eigenvalue weighted by Gasteiger charge is -2.35. The van der Waals surface area contributed by atoms with E-state index in [2.05, 4.69) is 35.6 Å². The molecule has 2 saturated heterocycles. The number of methoxy groups -OCH3 is 2. The largest absolute Gasteiger partial charge is 0.453 e. The molecule has 16 heteroatoms. The van der Waals surface area contributed by atoms with Gasteiger partial charge in [-0.2, -0.15) is 0 Å². The van der Waals surface area contributed by atoms with Crippen molar-refractivity contribution in [1.82, 2.24) is 35.4 Å². The lowest BCUT2D eigenvalue weighted by molar-refractivity contribution is -0.142. The SMILES string of the molecule is COC(=O)NC(C)C(=O)N1CCCC1(C)C(=O)Nc1nc2ccc(-c3ccc(-c4cnc(C5CCCN5C(=O)C(NC(=O)OC)C(C)C)[nH]4)cc3)cc2s1. The van der Waals surface area contributed by atoms with Crippen LogP contribution in [0.15, 0.2) is 48.7 Å². The van der Waals surface area contributed by atoms with Crippen molar-refractivity contribution in [3.63, 3.8) is 0 Å². The first-order chi connectivity index (χ1) is 25.8. The molecule has 4 N–H and O–H groups in total. The molecule has 0 radical (unpaired) electrons. The highest BCUT2D eigenvalue weighted by atomic mass is 32.1. The van der Waals surface area contributed by atoms with Gasteiger partial charge in [0.05, 0.1) is 42.4 Å². The minimum Gasteiger partial charge on any atom is -0.453 e. The van der Waals surface area contributed by atoms with Gasteiger partial charge in [-0.25, -0.2) is 19.6 Å². The Labute approximate surface area is 317 Å². The number of hydrogen-bond donors (Lipinski definition) is 4. The van der Waals surface area contributed by atoms with Crippen molar-refractivity contribution < 1.29 is 33.4 Å². The molecule has 6 rings (SSSR count). The second-order valence-electron chi connectivity index (χ2n) is 14.2. The monoisotopic (exact) mass is 758 g/mol. The normalized spacial score (nSPS) is 19.4. The maximum Gasteiger partial charge on any atom is 0.407 e. The first-order valence-corrected chi connectivity index (χ1v) is 18.8. The molecule has 4 atom stereocenters. The molecule has 2 aromatic heterocycles. The van der Waals surface area contributed by atoms with Gasteiger partial charge in [-0.3, -0.25) is 19.7 Å². The molecular formula is C38H46N8O7S. The van der Waals surface area contributed by atoms with Crippen molar-refractivity contribution in [2.24, 2.45) is 5.92 Å². The van der Waals surface area contributed by atoms with Gasteiger partial charge in [-0.15, -0.1) is 0 Å². The van der Waals surface area contributed by atoms with Crippen LogP contribution in [0.4, 0.5) is 14.7 Å². The Bertz CT molecular complexity index is 2050. The lowest BCUT2D eigenvalue weighted by atomic mass is 9.97. The highest BCUT2D eigenvalue weighted by Gasteiger charge is 2.47. The van der Waals surface area contributed by atoms with Gasteiger partial charge >= 0.3 is 12.2 Å². The number of carbonyl (C=O) groups is 5. The van der Waals surface area contributed by atoms with Crippen LogP contribution in [0.25, 0.3) is 32.6 Å². The number of alkyl carbamates (subject to hydrolysis) is 2. The number of rotatable bonds is 10. The maximum absolute atomic E-state index is 13.6. The molecule has 4 heterocycles. The Morgan fingerprint density at radius 3 is 2.30 bits per heavy atom. The van der Waals surface area contributed by atoms with Crippen molar-refractivity contribution in [2.75, 3.05) is 32.6 Å². The molecule has 2 aromatic carbocycles. The Balaban J connectivity index is 1.12. The topological polar surface area (TPSA) is 188 Å². The average Bonchev–Trinajstić information content (AvgIpc) is 3.99. The number of nitrogens with zero attached hydrogens (tertiary/aromatic N) is 4. The molecule has 5 amide bonds. The van der Waals surface area contributed by atoms with E-state index in [0.29, 0.717) is 36.9 Å². The van der Waals surface area contributed by atoms with Crippen LogP contribution in [-0.4, -0.2) is 99.6 Å². The second kappa shape index (κ2) is 15.8. The molecule has 0 saturated carbocycles. The first kappa shape index (κ1) is 38.2. The van der Waals surface area contributed by atoms with Gasteiger partial charge < -0.3 is 34.9 Å². The zero-order valence-electron chi connectivity index (χ0n) is 31.2. The minimum atomic E-state index is -1.10. The number of thiazole rings is 1. The molecule has 0 aliphatic carbocycles. The van der Waals surface area contributed by atoms with Crippen molar-refractivity contribution in [2.45, 2.75) is 77.0 Å². The van der Waals surface area contributed by atoms with Gasteiger partial charge in [0.25, 0.3) is 5.91 Å². The molecule has 0 bridgehead atoms. The molecule has 4 unspecified atom stereocenters. The number of hydrogen-bond acceptors (Lipinski definition) is 10. The Hall–Kier alpha value is -5.51. The number of aromatic nitrogens is 3. The highest BCUT2D eigenvalue weighted by molar-refractivity contribution is 7.22. The standard InChI is InChI=1S/C38H46N8O7S/c1-21(2)30(43-37(51)53-6)33(48)45-17-7-9-28(45)31-39-20-27(41-31)24-12-10-23(11-13-24)25-14-15-26-29(19-25)54-35(42-26)44-34(49)38(4)16-8-18-46(38)32(47)22(3)40-36(50)52-5/h10-15,19-22,28,30H,7-9,16-18H2,1-6H3,(H,39,41)(H,40,50)(H,43,51)(H,42,44,49). The number of carbonyl (C=O) groups excluding carboxylic acids is 5. The van der Waals surface area contributed by atoms with Gasteiger partial charge in [-0.1, -0.05) is 55.5 Å². The number of fused-ring (bicyclic) bond motifs is 1. The second-order valence-corrected chi connectivity index (χ2v) is 15.2. The minimum absolute atomic E-state index is 0.118. The van der Waals surface area contributed by atoms with Gasteiger partial charge in [0, 0.05) is 13.1 Å². The summed E-state index contributed by atoms with van der Waals surface area (Å²) >= 11 is 1.36. The van der Waals surface area contributed by atoms with E-state index in [1.807, 2.05) is 56.3 Å². The summed E-state index contributed by atoms with van der Waals surface area (Å²) in [6.07, 6.45) is 3.15. The van der Waals surface area contributed by atoms with Crippen LogP contribution in [-0.2, 0) is 23.9 Å². The molecule has 15 nitrogen and oxygen atoms in total. The van der Waals surface area contributed by atoms with Crippen LogP contribution in [0.2, 0.25) is 0 Å². The van der Waals surface area contributed by atoms with Crippen molar-refractivity contribution in [3.05, 3.63) is 54.5 Å². The van der Waals surface area contributed by atoms with E-state index in [4.69, 9.17) is 4.74 Å². The molecule has 2 aliphatic rings. The maximum atomic E-state index is 13.6. The number of nitrogens with one attached hydrogen (secondary N) is 4. The number of amides is 5. The summed E-state index contributed by atoms with van der Waals surface area (Å²) in [4.78, 5) is 79.9. The zero-order valence-corrected chi connectivity index (χ0v) is 32.0. The average molecular weight is 759 g/mol. The van der Waals surface area contributed by atoms with E-state index in [9.17, 15) is 24.0 Å². The molecule has 0 spiro atoms. The Morgan fingerprint density at radius 1 is 0.907 bits per heavy atom. The smallest absolute Gasteiger partial charge is 0.407 e. The fraction of sp³-hybridized carbons (Fsp3) is 0.447. The molecule has 54 heavy (non-hydrogen) atoms. The van der Waals surface area contributed by atoms with E-state index in [1.165, 1.54) is 30.5 Å². The number of benzene rings is 2. The van der Waals surface area contributed by atoms with Crippen LogP contribution in [0.1, 0.15) is 65.2 Å². The lowest BCUT2D eigenvalue weighted by Crippen LogP contribution is -2.57. The van der Waals surface area contributed by atoms with Gasteiger partial charge in [0.1, 0.15) is 23.4 Å². The molecular weight excluding hydrogens is 713 g/mol. The van der Waals surface area contributed by atoms with Gasteiger partial charge in [-0.05, 0) is 74.3 Å². The van der Waals surface area contributed by atoms with Crippen LogP contribution < -0.4 is 16.0 Å². The summed E-state index contributed by atoms with van der Waals surface area (Å²) in [7, 11) is 2.51. The predicted octanol–water partition coefficient (Wildman–Crippen LogP) is 5.46. The Morgan fingerprint density at radius 2 is 1.59 bits per heavy atom. The van der Waals surface area contributed by atoms with Crippen LogP contribution in [0, 0.1) is 5.92 Å². The van der Waals surface area contributed by atoms with Gasteiger partial charge in [0.15, 0.2) is 5.13 Å². The van der Waals surface area contributed by atoms with E-state index in [-0.39, 0.29) is 29.7 Å². The summed E-state index contributed by atoms with van der Waals surface area (Å²) in [5.41, 5.74) is 3.37. The van der Waals surface area contributed by atoms with Crippen LogP contribution in [0.5, 0.6) is 0 Å². The van der Waals surface area contributed by atoms with Crippen LogP contribution in [0.3, 0.4) is 0 Å². The van der Waals surface area contributed by atoms with Crippen LogP contribution >= 0.6 is 11.3 Å².